The molecule has 1 heterocycles. The Balaban J connectivity index is 1.57. The zero-order chi connectivity index (χ0) is 17.9. The van der Waals surface area contributed by atoms with Crippen molar-refractivity contribution in [1.82, 2.24) is 0 Å². The predicted molar refractivity (Wildman–Crippen MR) is 107 cm³/mol. The van der Waals surface area contributed by atoms with E-state index in [1.54, 1.807) is 11.8 Å². The number of carbonyl (C=O) groups is 1. The number of hydrogen-bond donors (Lipinski definition) is 0. The molecule has 1 saturated heterocycles. The van der Waals surface area contributed by atoms with Crippen LogP contribution in [0.5, 0.6) is 11.5 Å². The van der Waals surface area contributed by atoms with Crippen LogP contribution in [0.2, 0.25) is 5.02 Å². The van der Waals surface area contributed by atoms with E-state index in [4.69, 9.17) is 16.3 Å². The number of amides is 1. The molecule has 3 aromatic rings. The number of benzene rings is 3. The van der Waals surface area contributed by atoms with Crippen LogP contribution in [0.25, 0.3) is 0 Å². The van der Waals surface area contributed by atoms with E-state index in [1.165, 1.54) is 0 Å². The van der Waals surface area contributed by atoms with Gasteiger partial charge in [0.1, 0.15) is 16.9 Å². The van der Waals surface area contributed by atoms with E-state index in [-0.39, 0.29) is 11.3 Å². The maximum Gasteiger partial charge on any atom is 0.238 e. The van der Waals surface area contributed by atoms with E-state index in [1.807, 2.05) is 83.8 Å². The molecule has 0 bridgehead atoms. The fourth-order valence-corrected chi connectivity index (χ4v) is 4.26. The maximum absolute atomic E-state index is 12.4. The number of hydrogen-bond acceptors (Lipinski definition) is 3. The van der Waals surface area contributed by atoms with Gasteiger partial charge >= 0.3 is 0 Å². The van der Waals surface area contributed by atoms with E-state index in [0.29, 0.717) is 10.8 Å². The molecule has 3 aromatic carbocycles. The van der Waals surface area contributed by atoms with Crippen LogP contribution < -0.4 is 9.64 Å². The summed E-state index contributed by atoms with van der Waals surface area (Å²) in [5.74, 6) is 2.11. The van der Waals surface area contributed by atoms with Crippen molar-refractivity contribution in [2.45, 2.75) is 5.37 Å². The van der Waals surface area contributed by atoms with Crippen LogP contribution in [0.15, 0.2) is 78.9 Å². The van der Waals surface area contributed by atoms with E-state index < -0.39 is 0 Å². The second kappa shape index (κ2) is 7.44. The number of halogens is 1. The van der Waals surface area contributed by atoms with Crippen molar-refractivity contribution in [3.8, 4) is 11.5 Å². The lowest BCUT2D eigenvalue weighted by molar-refractivity contribution is -0.115. The first-order valence-corrected chi connectivity index (χ1v) is 9.65. The second-order valence-corrected chi connectivity index (χ2v) is 7.40. The summed E-state index contributed by atoms with van der Waals surface area (Å²) in [6.45, 7) is 0. The van der Waals surface area contributed by atoms with Crippen molar-refractivity contribution >= 4 is 35.0 Å². The molecule has 0 radical (unpaired) electrons. The Kier molecular flexibility index (Phi) is 4.87. The van der Waals surface area contributed by atoms with E-state index in [2.05, 4.69) is 0 Å². The fourth-order valence-electron chi connectivity index (χ4n) is 2.90. The Bertz CT molecular complexity index is 915. The Hall–Kier alpha value is -2.43. The lowest BCUT2D eigenvalue weighted by Crippen LogP contribution is -2.27. The second-order valence-electron chi connectivity index (χ2n) is 5.89. The largest absolute Gasteiger partial charge is 0.457 e. The maximum atomic E-state index is 12.4. The first-order chi connectivity index (χ1) is 12.7. The summed E-state index contributed by atoms with van der Waals surface area (Å²) < 4.78 is 5.84. The minimum atomic E-state index is -0.0632. The topological polar surface area (TPSA) is 29.5 Å². The molecule has 0 saturated carbocycles. The molecule has 26 heavy (non-hydrogen) atoms. The van der Waals surface area contributed by atoms with Crippen LogP contribution in [0, 0.1) is 0 Å². The Morgan fingerprint density at radius 3 is 2.38 bits per heavy atom. The molecule has 4 rings (SSSR count). The third-order valence-electron chi connectivity index (χ3n) is 4.10. The van der Waals surface area contributed by atoms with Gasteiger partial charge in [-0.2, -0.15) is 0 Å². The van der Waals surface area contributed by atoms with Gasteiger partial charge in [-0.05, 0) is 48.0 Å². The van der Waals surface area contributed by atoms with Crippen molar-refractivity contribution in [3.63, 3.8) is 0 Å². The van der Waals surface area contributed by atoms with Gasteiger partial charge in [-0.3, -0.25) is 9.69 Å². The van der Waals surface area contributed by atoms with E-state index in [9.17, 15) is 4.79 Å². The van der Waals surface area contributed by atoms with Crippen LogP contribution in [0.4, 0.5) is 5.69 Å². The van der Waals surface area contributed by atoms with Gasteiger partial charge in [0.2, 0.25) is 5.91 Å². The van der Waals surface area contributed by atoms with Crippen LogP contribution >= 0.6 is 23.4 Å². The van der Waals surface area contributed by atoms with Gasteiger partial charge in [0.05, 0.1) is 5.75 Å². The molecule has 0 aliphatic carbocycles. The summed E-state index contributed by atoms with van der Waals surface area (Å²) in [6.07, 6.45) is 0. The summed E-state index contributed by atoms with van der Waals surface area (Å²) in [7, 11) is 0. The smallest absolute Gasteiger partial charge is 0.238 e. The lowest BCUT2D eigenvalue weighted by Gasteiger charge is -2.24. The van der Waals surface area contributed by atoms with Gasteiger partial charge in [0.15, 0.2) is 0 Å². The molecular formula is C21H16ClNO2S. The number of ether oxygens (including phenoxy) is 1. The van der Waals surface area contributed by atoms with Gasteiger partial charge in [0.25, 0.3) is 0 Å². The summed E-state index contributed by atoms with van der Waals surface area (Å²) in [4.78, 5) is 14.2. The van der Waals surface area contributed by atoms with Gasteiger partial charge < -0.3 is 4.74 Å². The minimum absolute atomic E-state index is 0.0632. The number of carbonyl (C=O) groups excluding carboxylic acids is 1. The molecule has 1 aliphatic rings. The Morgan fingerprint density at radius 2 is 1.65 bits per heavy atom. The molecule has 5 heteroatoms. The summed E-state index contributed by atoms with van der Waals surface area (Å²) >= 11 is 7.72. The van der Waals surface area contributed by atoms with E-state index >= 15 is 0 Å². The predicted octanol–water partition coefficient (Wildman–Crippen LogP) is 5.91. The first-order valence-electron chi connectivity index (χ1n) is 8.23. The number of para-hydroxylation sites is 1. The Labute approximate surface area is 161 Å². The molecule has 1 atom stereocenters. The van der Waals surface area contributed by atoms with Crippen molar-refractivity contribution in [2.24, 2.45) is 0 Å². The summed E-state index contributed by atoms with van der Waals surface area (Å²) in [6, 6.07) is 24.9. The molecule has 0 N–H and O–H groups in total. The van der Waals surface area contributed by atoms with Crippen LogP contribution in [0.3, 0.4) is 0 Å². The number of rotatable bonds is 4. The highest BCUT2D eigenvalue weighted by Crippen LogP contribution is 2.42. The summed E-state index contributed by atoms with van der Waals surface area (Å²) in [5, 5.41) is 0.560. The van der Waals surface area contributed by atoms with Crippen molar-refractivity contribution < 1.29 is 9.53 Å². The molecule has 0 aromatic heterocycles. The third kappa shape index (κ3) is 3.57. The zero-order valence-electron chi connectivity index (χ0n) is 13.8. The molecule has 0 spiro atoms. The highest BCUT2D eigenvalue weighted by atomic mass is 35.5. The highest BCUT2D eigenvalue weighted by Gasteiger charge is 2.34. The standard InChI is InChI=1S/C21H16ClNO2S/c22-16-5-4-6-17(13-16)23-20(24)14-26-21(23)15-9-11-19(12-10-15)25-18-7-2-1-3-8-18/h1-13,21H,14H2. The number of nitrogens with zero attached hydrogens (tertiary/aromatic N) is 1. The first kappa shape index (κ1) is 17.0. The fraction of sp³-hybridized carbons (Fsp3) is 0.0952. The zero-order valence-corrected chi connectivity index (χ0v) is 15.4. The molecule has 1 aliphatic heterocycles. The van der Waals surface area contributed by atoms with Crippen molar-refractivity contribution in [2.75, 3.05) is 10.7 Å². The van der Waals surface area contributed by atoms with Crippen molar-refractivity contribution in [1.29, 1.82) is 0 Å². The molecule has 1 fully saturated rings. The number of anilines is 1. The van der Waals surface area contributed by atoms with Crippen LogP contribution in [0.1, 0.15) is 10.9 Å². The molecule has 130 valence electrons. The third-order valence-corrected chi connectivity index (χ3v) is 5.55. The quantitative estimate of drug-likeness (QED) is 0.562. The highest BCUT2D eigenvalue weighted by molar-refractivity contribution is 8.00. The van der Waals surface area contributed by atoms with Gasteiger partial charge in [0, 0.05) is 10.7 Å². The molecule has 1 amide bonds. The number of thioether (sulfide) groups is 1. The molecular weight excluding hydrogens is 366 g/mol. The van der Waals surface area contributed by atoms with Crippen LogP contribution in [-0.4, -0.2) is 11.7 Å². The molecule has 1 unspecified atom stereocenters. The average molecular weight is 382 g/mol. The lowest BCUT2D eigenvalue weighted by atomic mass is 10.1. The van der Waals surface area contributed by atoms with Gasteiger partial charge in [-0.1, -0.05) is 48.0 Å². The SMILES string of the molecule is O=C1CSC(c2ccc(Oc3ccccc3)cc2)N1c1cccc(Cl)c1. The normalized spacial score (nSPS) is 16.7. The van der Waals surface area contributed by atoms with Gasteiger partial charge in [-0.15, -0.1) is 11.8 Å². The monoisotopic (exact) mass is 381 g/mol. The molecule has 3 nitrogen and oxygen atoms in total. The van der Waals surface area contributed by atoms with Crippen molar-refractivity contribution in [3.05, 3.63) is 89.4 Å². The minimum Gasteiger partial charge on any atom is -0.457 e. The van der Waals surface area contributed by atoms with E-state index in [0.717, 1.165) is 22.7 Å². The van der Waals surface area contributed by atoms with Gasteiger partial charge in [-0.25, -0.2) is 0 Å². The summed E-state index contributed by atoms with van der Waals surface area (Å²) in [5.41, 5.74) is 1.88. The average Bonchev–Trinajstić information content (AvgIpc) is 3.05. The Morgan fingerprint density at radius 1 is 0.923 bits per heavy atom. The van der Waals surface area contributed by atoms with Crippen LogP contribution in [-0.2, 0) is 4.79 Å².